The minimum Gasteiger partial charge on any atom is -0.481 e. The lowest BCUT2D eigenvalue weighted by molar-refractivity contribution is -0.204. The van der Waals surface area contributed by atoms with E-state index in [-0.39, 0.29) is 34.6 Å². The molecule has 4 fully saturated rings. The Bertz CT molecular complexity index is 1040. The summed E-state index contributed by atoms with van der Waals surface area (Å²) in [5.41, 5.74) is -0.446. The Morgan fingerprint density at radius 3 is 2.43 bits per heavy atom. The highest BCUT2D eigenvalue weighted by molar-refractivity contribution is 5.96. The SMILES string of the molecule is CCC[C@@H]1C[C@H](C)C[C@]2(C)C1=CC(=O)[C@@H]1[C@@]3(C)CC[C@H](N4C[C@@H](C)OC4=O)[C@@](C)(C(=O)O)C3CC[C@]12C. The number of nitrogens with zero attached hydrogens (tertiary/aromatic N) is 1. The second kappa shape index (κ2) is 8.58. The number of ether oxygens (including phenoxy) is 1. The molecule has 1 unspecified atom stereocenters. The van der Waals surface area contributed by atoms with Crippen molar-refractivity contribution in [2.24, 2.45) is 45.3 Å². The van der Waals surface area contributed by atoms with E-state index in [2.05, 4.69) is 34.6 Å². The summed E-state index contributed by atoms with van der Waals surface area (Å²) in [6.45, 7) is 15.7. The molecule has 37 heavy (non-hydrogen) atoms. The van der Waals surface area contributed by atoms with Crippen LogP contribution in [0.4, 0.5) is 4.79 Å². The molecule has 1 aliphatic heterocycles. The van der Waals surface area contributed by atoms with Crippen LogP contribution in [0.25, 0.3) is 0 Å². The van der Waals surface area contributed by atoms with Crippen LogP contribution in [0.5, 0.6) is 0 Å². The van der Waals surface area contributed by atoms with Crippen LogP contribution in [0.2, 0.25) is 0 Å². The molecule has 3 saturated carbocycles. The second-order valence-corrected chi connectivity index (χ2v) is 14.3. The fraction of sp³-hybridized carbons (Fsp3) is 0.839. The van der Waals surface area contributed by atoms with Gasteiger partial charge in [0.25, 0.3) is 0 Å². The first kappa shape index (κ1) is 26.7. The van der Waals surface area contributed by atoms with Gasteiger partial charge in [-0.3, -0.25) is 9.59 Å². The van der Waals surface area contributed by atoms with E-state index < -0.39 is 28.9 Å². The number of hydrogen-bond acceptors (Lipinski definition) is 4. The van der Waals surface area contributed by atoms with Crippen molar-refractivity contribution in [1.29, 1.82) is 0 Å². The van der Waals surface area contributed by atoms with Gasteiger partial charge in [-0.05, 0) is 98.9 Å². The molecule has 5 aliphatic rings. The van der Waals surface area contributed by atoms with Crippen molar-refractivity contribution in [2.75, 3.05) is 6.54 Å². The van der Waals surface area contributed by atoms with Crippen molar-refractivity contribution in [3.05, 3.63) is 11.6 Å². The van der Waals surface area contributed by atoms with Crippen molar-refractivity contribution in [3.8, 4) is 0 Å². The topological polar surface area (TPSA) is 83.9 Å². The van der Waals surface area contributed by atoms with Crippen LogP contribution in [0.3, 0.4) is 0 Å². The molecule has 6 nitrogen and oxygen atoms in total. The summed E-state index contributed by atoms with van der Waals surface area (Å²) in [5, 5.41) is 10.8. The average molecular weight is 514 g/mol. The highest BCUT2D eigenvalue weighted by atomic mass is 16.6. The Labute approximate surface area is 222 Å². The predicted molar refractivity (Wildman–Crippen MR) is 142 cm³/mol. The van der Waals surface area contributed by atoms with E-state index in [1.807, 2.05) is 19.9 Å². The van der Waals surface area contributed by atoms with Crippen LogP contribution in [-0.2, 0) is 14.3 Å². The van der Waals surface area contributed by atoms with Gasteiger partial charge in [0.15, 0.2) is 5.78 Å². The summed E-state index contributed by atoms with van der Waals surface area (Å²) in [4.78, 5) is 41.8. The first-order valence-corrected chi connectivity index (χ1v) is 14.7. The zero-order chi connectivity index (χ0) is 27.1. The van der Waals surface area contributed by atoms with E-state index >= 15 is 0 Å². The molecule has 0 bridgehead atoms. The number of carbonyl (C=O) groups excluding carboxylic acids is 2. The minimum absolute atomic E-state index is 0.0538. The Morgan fingerprint density at radius 1 is 1.14 bits per heavy atom. The molecule has 5 rings (SSSR count). The average Bonchev–Trinajstić information content (AvgIpc) is 3.12. The molecule has 206 valence electrons. The molecule has 1 heterocycles. The van der Waals surface area contributed by atoms with Gasteiger partial charge in [-0.25, -0.2) is 4.79 Å². The van der Waals surface area contributed by atoms with E-state index in [4.69, 9.17) is 4.74 Å². The molecular formula is C31H47NO5. The largest absolute Gasteiger partial charge is 0.481 e. The Hall–Kier alpha value is -1.85. The highest BCUT2D eigenvalue weighted by Gasteiger charge is 2.71. The Balaban J connectivity index is 1.59. The molecule has 0 aromatic carbocycles. The molecule has 10 atom stereocenters. The fourth-order valence-electron chi connectivity index (χ4n) is 10.7. The maximum Gasteiger partial charge on any atom is 0.410 e. The van der Waals surface area contributed by atoms with E-state index in [1.54, 1.807) is 4.90 Å². The minimum atomic E-state index is -1.13. The number of hydrogen-bond donors (Lipinski definition) is 1. The van der Waals surface area contributed by atoms with E-state index in [0.717, 1.165) is 44.9 Å². The first-order chi connectivity index (χ1) is 17.2. The van der Waals surface area contributed by atoms with Gasteiger partial charge in [0.1, 0.15) is 6.10 Å². The molecular weight excluding hydrogens is 466 g/mol. The van der Waals surface area contributed by atoms with Crippen molar-refractivity contribution in [1.82, 2.24) is 4.90 Å². The van der Waals surface area contributed by atoms with E-state index in [9.17, 15) is 19.5 Å². The second-order valence-electron chi connectivity index (χ2n) is 14.3. The lowest BCUT2D eigenvalue weighted by Crippen LogP contribution is -2.69. The quantitative estimate of drug-likeness (QED) is 0.465. The third kappa shape index (κ3) is 3.45. The summed E-state index contributed by atoms with van der Waals surface area (Å²) >= 11 is 0. The number of rotatable bonds is 4. The van der Waals surface area contributed by atoms with Gasteiger partial charge in [-0.15, -0.1) is 0 Å². The van der Waals surface area contributed by atoms with Crippen molar-refractivity contribution >= 4 is 17.8 Å². The number of ketones is 1. The summed E-state index contributed by atoms with van der Waals surface area (Å²) in [6, 6.07) is -0.422. The van der Waals surface area contributed by atoms with Gasteiger partial charge >= 0.3 is 12.1 Å². The Morgan fingerprint density at radius 2 is 1.84 bits per heavy atom. The monoisotopic (exact) mass is 513 g/mol. The van der Waals surface area contributed by atoms with E-state index in [0.29, 0.717) is 24.8 Å². The zero-order valence-corrected chi connectivity index (χ0v) is 23.9. The third-order valence-corrected chi connectivity index (χ3v) is 12.2. The summed E-state index contributed by atoms with van der Waals surface area (Å²) in [7, 11) is 0. The number of allylic oxidation sites excluding steroid dienone is 2. The maximum absolute atomic E-state index is 14.2. The molecule has 4 aliphatic carbocycles. The number of carboxylic acid groups (broad SMARTS) is 1. The number of carboxylic acids is 1. The lowest BCUT2D eigenvalue weighted by atomic mass is 9.34. The standard InChI is InChI=1S/C31H47NO5/c1-8-9-20-14-18(2)16-30(6)21(20)15-22(33)25-28(4)12-11-24(32-17-19(3)37-27(32)36)31(7,26(34)35)23(28)10-13-29(25,30)5/h15,18-20,23-25H,8-14,16-17H2,1-7H3,(H,34,35)/t18-,19+,20+,23?,24-,25+,28-,29+,30+,31-/m0/s1. The zero-order valence-electron chi connectivity index (χ0n) is 23.9. The molecule has 1 N–H and O–H groups in total. The van der Waals surface area contributed by atoms with Gasteiger partial charge in [-0.1, -0.05) is 46.6 Å². The number of amides is 1. The van der Waals surface area contributed by atoms with Gasteiger partial charge in [0.05, 0.1) is 18.0 Å². The number of fused-ring (bicyclic) bond motifs is 5. The number of carbonyl (C=O) groups is 3. The van der Waals surface area contributed by atoms with Crippen LogP contribution in [-0.4, -0.2) is 46.5 Å². The van der Waals surface area contributed by atoms with Crippen LogP contribution in [0.1, 0.15) is 99.8 Å². The lowest BCUT2D eigenvalue weighted by Gasteiger charge is -2.69. The molecule has 1 saturated heterocycles. The van der Waals surface area contributed by atoms with Crippen LogP contribution < -0.4 is 0 Å². The summed E-state index contributed by atoms with van der Waals surface area (Å²) < 4.78 is 5.42. The maximum atomic E-state index is 14.2. The van der Waals surface area contributed by atoms with Crippen LogP contribution in [0.15, 0.2) is 11.6 Å². The van der Waals surface area contributed by atoms with Crippen LogP contribution in [0, 0.1) is 45.3 Å². The molecule has 0 aromatic heterocycles. The fourth-order valence-corrected chi connectivity index (χ4v) is 10.7. The number of aliphatic carboxylic acids is 1. The van der Waals surface area contributed by atoms with Gasteiger partial charge in [0.2, 0.25) is 0 Å². The molecule has 0 spiro atoms. The highest BCUT2D eigenvalue weighted by Crippen LogP contribution is 2.73. The van der Waals surface area contributed by atoms with Crippen molar-refractivity contribution in [3.63, 3.8) is 0 Å². The summed E-state index contributed by atoms with van der Waals surface area (Å²) in [6.07, 6.45) is 8.84. The first-order valence-electron chi connectivity index (χ1n) is 14.7. The number of cyclic esters (lactones) is 1. The van der Waals surface area contributed by atoms with Crippen molar-refractivity contribution < 1.29 is 24.2 Å². The molecule has 0 radical (unpaired) electrons. The third-order valence-electron chi connectivity index (χ3n) is 12.2. The van der Waals surface area contributed by atoms with Crippen molar-refractivity contribution in [2.45, 2.75) is 112 Å². The Kier molecular flexibility index (Phi) is 6.20. The molecule has 0 aromatic rings. The predicted octanol–water partition coefficient (Wildman–Crippen LogP) is 6.48. The normalized spacial score (nSPS) is 49.5. The van der Waals surface area contributed by atoms with Crippen LogP contribution >= 0.6 is 0 Å². The van der Waals surface area contributed by atoms with E-state index in [1.165, 1.54) is 5.57 Å². The van der Waals surface area contributed by atoms with Gasteiger partial charge in [0, 0.05) is 5.92 Å². The molecule has 1 amide bonds. The van der Waals surface area contributed by atoms with Gasteiger partial charge in [-0.2, -0.15) is 0 Å². The van der Waals surface area contributed by atoms with Gasteiger partial charge < -0.3 is 14.7 Å². The summed E-state index contributed by atoms with van der Waals surface area (Å²) in [5.74, 6) is 0.0482. The smallest absolute Gasteiger partial charge is 0.410 e. The molecule has 6 heteroatoms.